The van der Waals surface area contributed by atoms with E-state index in [0.717, 1.165) is 4.47 Å². The van der Waals surface area contributed by atoms with Crippen LogP contribution in [0.1, 0.15) is 24.2 Å². The molecule has 0 saturated carbocycles. The fraction of sp³-hybridized carbons (Fsp3) is 0.455. The van der Waals surface area contributed by atoms with Gasteiger partial charge in [0.05, 0.1) is 0 Å². The average molecular weight is 274 g/mol. The third kappa shape index (κ3) is 3.64. The molecule has 0 bridgehead atoms. The molecular formula is C11H16BrNS. The van der Waals surface area contributed by atoms with Crippen LogP contribution in [0.4, 0.5) is 0 Å². The van der Waals surface area contributed by atoms with Crippen LogP contribution < -0.4 is 5.73 Å². The second kappa shape index (κ2) is 6.49. The Morgan fingerprint density at radius 2 is 2.29 bits per heavy atom. The van der Waals surface area contributed by atoms with Crippen molar-refractivity contribution in [2.45, 2.75) is 18.6 Å². The maximum atomic E-state index is 5.76. The third-order valence-electron chi connectivity index (χ3n) is 1.96. The molecule has 0 saturated heterocycles. The van der Waals surface area contributed by atoms with Gasteiger partial charge in [0.15, 0.2) is 0 Å². The smallest absolute Gasteiger partial charge is 0.0420 e. The van der Waals surface area contributed by atoms with Gasteiger partial charge in [0.1, 0.15) is 0 Å². The van der Waals surface area contributed by atoms with Gasteiger partial charge in [0, 0.05) is 16.3 Å². The first-order chi connectivity index (χ1) is 6.77. The first kappa shape index (κ1) is 12.1. The second-order valence-electron chi connectivity index (χ2n) is 3.15. The fourth-order valence-corrected chi connectivity index (χ4v) is 2.68. The first-order valence-corrected chi connectivity index (χ1v) is 6.69. The van der Waals surface area contributed by atoms with Crippen LogP contribution in [-0.2, 0) is 0 Å². The summed E-state index contributed by atoms with van der Waals surface area (Å²) in [7, 11) is 0. The van der Waals surface area contributed by atoms with Crippen molar-refractivity contribution in [1.82, 2.24) is 0 Å². The van der Waals surface area contributed by atoms with Gasteiger partial charge in [0.2, 0.25) is 0 Å². The number of thioether (sulfide) groups is 1. The van der Waals surface area contributed by atoms with Crippen molar-refractivity contribution in [2.24, 2.45) is 5.73 Å². The van der Waals surface area contributed by atoms with E-state index in [1.165, 1.54) is 17.7 Å². The van der Waals surface area contributed by atoms with Crippen LogP contribution >= 0.6 is 27.7 Å². The molecule has 1 aromatic rings. The van der Waals surface area contributed by atoms with Crippen molar-refractivity contribution in [3.8, 4) is 0 Å². The van der Waals surface area contributed by atoms with Crippen LogP contribution in [0.2, 0.25) is 0 Å². The molecule has 1 unspecified atom stereocenters. The zero-order valence-corrected chi connectivity index (χ0v) is 10.8. The summed E-state index contributed by atoms with van der Waals surface area (Å²) >= 11 is 5.42. The predicted octanol–water partition coefficient (Wildman–Crippen LogP) is 3.59. The average Bonchev–Trinajstić information content (AvgIpc) is 2.19. The SMILES string of the molecule is CCCSC(CN)c1cccc(Br)c1. The van der Waals surface area contributed by atoms with Crippen molar-refractivity contribution in [2.75, 3.05) is 12.3 Å². The zero-order chi connectivity index (χ0) is 10.4. The van der Waals surface area contributed by atoms with Gasteiger partial charge in [-0.05, 0) is 29.9 Å². The Hall–Kier alpha value is 0.01000. The van der Waals surface area contributed by atoms with Gasteiger partial charge in [-0.3, -0.25) is 0 Å². The van der Waals surface area contributed by atoms with Gasteiger partial charge in [-0.1, -0.05) is 35.0 Å². The van der Waals surface area contributed by atoms with E-state index in [4.69, 9.17) is 5.73 Å². The van der Waals surface area contributed by atoms with E-state index in [9.17, 15) is 0 Å². The highest BCUT2D eigenvalue weighted by atomic mass is 79.9. The van der Waals surface area contributed by atoms with Gasteiger partial charge in [0.25, 0.3) is 0 Å². The lowest BCUT2D eigenvalue weighted by molar-refractivity contribution is 0.935. The Labute approximate surface area is 98.6 Å². The molecule has 1 atom stereocenters. The highest BCUT2D eigenvalue weighted by Gasteiger charge is 2.09. The lowest BCUT2D eigenvalue weighted by atomic mass is 10.1. The first-order valence-electron chi connectivity index (χ1n) is 4.85. The minimum absolute atomic E-state index is 0.437. The Morgan fingerprint density at radius 1 is 1.50 bits per heavy atom. The zero-order valence-electron chi connectivity index (χ0n) is 8.37. The normalized spacial score (nSPS) is 12.8. The largest absolute Gasteiger partial charge is 0.329 e. The van der Waals surface area contributed by atoms with E-state index in [2.05, 4.69) is 41.1 Å². The molecule has 0 radical (unpaired) electrons. The van der Waals surface area contributed by atoms with Crippen LogP contribution in [0, 0.1) is 0 Å². The molecule has 78 valence electrons. The minimum Gasteiger partial charge on any atom is -0.329 e. The summed E-state index contributed by atoms with van der Waals surface area (Å²) in [6, 6.07) is 8.40. The summed E-state index contributed by atoms with van der Waals surface area (Å²) in [6.07, 6.45) is 1.20. The molecule has 3 heteroatoms. The van der Waals surface area contributed by atoms with Gasteiger partial charge in [-0.2, -0.15) is 11.8 Å². The highest BCUT2D eigenvalue weighted by molar-refractivity contribution is 9.10. The number of benzene rings is 1. The van der Waals surface area contributed by atoms with Crippen LogP contribution in [-0.4, -0.2) is 12.3 Å². The van der Waals surface area contributed by atoms with Crippen molar-refractivity contribution >= 4 is 27.7 Å². The Morgan fingerprint density at radius 3 is 2.86 bits per heavy atom. The van der Waals surface area contributed by atoms with E-state index >= 15 is 0 Å². The molecule has 0 aliphatic carbocycles. The number of hydrogen-bond acceptors (Lipinski definition) is 2. The molecule has 0 aliphatic heterocycles. The van der Waals surface area contributed by atoms with Gasteiger partial charge in [-0.25, -0.2) is 0 Å². The summed E-state index contributed by atoms with van der Waals surface area (Å²) in [5.74, 6) is 1.17. The topological polar surface area (TPSA) is 26.0 Å². The van der Waals surface area contributed by atoms with Crippen LogP contribution in [0.25, 0.3) is 0 Å². The molecule has 0 aromatic heterocycles. The molecule has 0 spiro atoms. The Balaban J connectivity index is 2.68. The summed E-state index contributed by atoms with van der Waals surface area (Å²) in [5, 5.41) is 0.437. The van der Waals surface area contributed by atoms with E-state index < -0.39 is 0 Å². The molecule has 1 rings (SSSR count). The third-order valence-corrected chi connectivity index (χ3v) is 3.96. The van der Waals surface area contributed by atoms with Gasteiger partial charge in [-0.15, -0.1) is 0 Å². The number of nitrogens with two attached hydrogens (primary N) is 1. The molecule has 0 aliphatic rings. The maximum Gasteiger partial charge on any atom is 0.0420 e. The maximum absolute atomic E-state index is 5.76. The molecule has 2 N–H and O–H groups in total. The van der Waals surface area contributed by atoms with E-state index in [0.29, 0.717) is 11.8 Å². The molecule has 14 heavy (non-hydrogen) atoms. The predicted molar refractivity (Wildman–Crippen MR) is 68.7 cm³/mol. The highest BCUT2D eigenvalue weighted by Crippen LogP contribution is 2.29. The summed E-state index contributed by atoms with van der Waals surface area (Å²) in [6.45, 7) is 2.91. The minimum atomic E-state index is 0.437. The van der Waals surface area contributed by atoms with Gasteiger partial charge < -0.3 is 5.73 Å². The van der Waals surface area contributed by atoms with Crippen LogP contribution in [0.5, 0.6) is 0 Å². The molecule has 0 heterocycles. The summed E-state index contributed by atoms with van der Waals surface area (Å²) < 4.78 is 1.13. The van der Waals surface area contributed by atoms with Crippen LogP contribution in [0.3, 0.4) is 0 Å². The van der Waals surface area contributed by atoms with Crippen molar-refractivity contribution in [3.63, 3.8) is 0 Å². The molecular weight excluding hydrogens is 258 g/mol. The molecule has 1 aromatic carbocycles. The van der Waals surface area contributed by atoms with E-state index in [-0.39, 0.29) is 0 Å². The quantitative estimate of drug-likeness (QED) is 0.888. The van der Waals surface area contributed by atoms with E-state index in [1.807, 2.05) is 17.8 Å². The lowest BCUT2D eigenvalue weighted by Crippen LogP contribution is -2.09. The Bertz CT molecular complexity index is 278. The van der Waals surface area contributed by atoms with Crippen molar-refractivity contribution in [3.05, 3.63) is 34.3 Å². The van der Waals surface area contributed by atoms with Crippen molar-refractivity contribution in [1.29, 1.82) is 0 Å². The van der Waals surface area contributed by atoms with Crippen molar-refractivity contribution < 1.29 is 0 Å². The molecule has 0 fully saturated rings. The number of rotatable bonds is 5. The summed E-state index contributed by atoms with van der Waals surface area (Å²) in [4.78, 5) is 0. The van der Waals surface area contributed by atoms with E-state index in [1.54, 1.807) is 0 Å². The Kier molecular flexibility index (Phi) is 5.60. The second-order valence-corrected chi connectivity index (χ2v) is 5.38. The van der Waals surface area contributed by atoms with Gasteiger partial charge >= 0.3 is 0 Å². The molecule has 1 nitrogen and oxygen atoms in total. The number of hydrogen-bond donors (Lipinski definition) is 1. The lowest BCUT2D eigenvalue weighted by Gasteiger charge is -2.14. The monoisotopic (exact) mass is 273 g/mol. The summed E-state index contributed by atoms with van der Waals surface area (Å²) in [5.41, 5.74) is 7.08. The number of halogens is 1. The molecule has 0 amide bonds. The standard InChI is InChI=1S/C11H16BrNS/c1-2-6-14-11(8-13)9-4-3-5-10(12)7-9/h3-5,7,11H,2,6,8,13H2,1H3. The fourth-order valence-electron chi connectivity index (χ4n) is 1.27. The van der Waals surface area contributed by atoms with Crippen LogP contribution in [0.15, 0.2) is 28.7 Å².